The van der Waals surface area contributed by atoms with Crippen molar-refractivity contribution in [1.29, 1.82) is 0 Å². The Labute approximate surface area is 175 Å². The van der Waals surface area contributed by atoms with E-state index >= 15 is 0 Å². The predicted molar refractivity (Wildman–Crippen MR) is 117 cm³/mol. The number of fused-ring (bicyclic) bond motifs is 2. The summed E-state index contributed by atoms with van der Waals surface area (Å²) in [5, 5.41) is 4.78. The van der Waals surface area contributed by atoms with Gasteiger partial charge in [0.25, 0.3) is 0 Å². The molecule has 0 unspecified atom stereocenters. The van der Waals surface area contributed by atoms with Gasteiger partial charge in [-0.2, -0.15) is 0 Å². The minimum absolute atomic E-state index is 0.150. The van der Waals surface area contributed by atoms with Crippen molar-refractivity contribution < 1.29 is 13.9 Å². The van der Waals surface area contributed by atoms with Crippen LogP contribution < -0.4 is 19.7 Å². The molecule has 1 N–H and O–H groups in total. The van der Waals surface area contributed by atoms with Crippen molar-refractivity contribution in [2.45, 2.75) is 19.3 Å². The van der Waals surface area contributed by atoms with Crippen LogP contribution in [-0.4, -0.2) is 38.8 Å². The van der Waals surface area contributed by atoms with Crippen LogP contribution in [0.4, 0.5) is 15.8 Å². The maximum absolute atomic E-state index is 14.0. The highest BCUT2D eigenvalue weighted by Gasteiger charge is 2.29. The van der Waals surface area contributed by atoms with E-state index in [2.05, 4.69) is 10.2 Å². The maximum Gasteiger partial charge on any atom is 0.162 e. The number of pyridine rings is 1. The summed E-state index contributed by atoms with van der Waals surface area (Å²) in [4.78, 5) is 7.00. The van der Waals surface area contributed by atoms with E-state index < -0.39 is 0 Å². The van der Waals surface area contributed by atoms with E-state index in [1.807, 2.05) is 24.3 Å². The molecule has 2 heterocycles. The number of rotatable bonds is 6. The third-order valence-electron chi connectivity index (χ3n) is 6.23. The average Bonchev–Trinajstić information content (AvgIpc) is 3.20. The summed E-state index contributed by atoms with van der Waals surface area (Å²) < 4.78 is 25.0. The monoisotopic (exact) mass is 407 g/mol. The van der Waals surface area contributed by atoms with E-state index in [-0.39, 0.29) is 5.82 Å². The lowest BCUT2D eigenvalue weighted by Gasteiger charge is -2.41. The van der Waals surface area contributed by atoms with Gasteiger partial charge < -0.3 is 19.7 Å². The topological polar surface area (TPSA) is 46.6 Å². The fourth-order valence-corrected chi connectivity index (χ4v) is 4.64. The summed E-state index contributed by atoms with van der Waals surface area (Å²) in [7, 11) is 3.30. The molecule has 1 aliphatic carbocycles. The van der Waals surface area contributed by atoms with Crippen molar-refractivity contribution >= 4 is 22.3 Å². The Morgan fingerprint density at radius 1 is 1.10 bits per heavy atom. The molecule has 2 aliphatic rings. The van der Waals surface area contributed by atoms with E-state index in [0.717, 1.165) is 55.5 Å². The van der Waals surface area contributed by atoms with Crippen LogP contribution in [0.5, 0.6) is 11.5 Å². The van der Waals surface area contributed by atoms with E-state index in [4.69, 9.17) is 14.5 Å². The van der Waals surface area contributed by atoms with E-state index in [1.165, 1.54) is 17.3 Å². The minimum atomic E-state index is -0.150. The van der Waals surface area contributed by atoms with Crippen molar-refractivity contribution in [3.63, 3.8) is 0 Å². The van der Waals surface area contributed by atoms with Gasteiger partial charge >= 0.3 is 0 Å². The van der Waals surface area contributed by atoms with Crippen LogP contribution in [0.15, 0.2) is 36.4 Å². The van der Waals surface area contributed by atoms with Crippen LogP contribution in [0.3, 0.4) is 0 Å². The molecular formula is C24H26FN3O2. The standard InChI is InChI=1S/C24H26FN3O2/c1-29-22-10-17-20(11-23(22)30-2)27-19-8-5-6-16(19)24(17)26-12-15-13-28(14-15)21-9-4-3-7-18(21)25/h3-4,7,9-11,15H,5-6,8,12-14H2,1-2H3,(H,26,27). The zero-order valence-corrected chi connectivity index (χ0v) is 17.4. The van der Waals surface area contributed by atoms with Gasteiger partial charge in [-0.15, -0.1) is 0 Å². The minimum Gasteiger partial charge on any atom is -0.493 e. The number of methoxy groups -OCH3 is 2. The van der Waals surface area contributed by atoms with Crippen LogP contribution in [0.2, 0.25) is 0 Å². The second-order valence-electron chi connectivity index (χ2n) is 8.09. The van der Waals surface area contributed by atoms with Crippen LogP contribution in [0.1, 0.15) is 17.7 Å². The van der Waals surface area contributed by atoms with Crippen molar-refractivity contribution in [2.75, 3.05) is 44.1 Å². The van der Waals surface area contributed by atoms with Gasteiger partial charge in [0, 0.05) is 48.4 Å². The fraction of sp³-hybridized carbons (Fsp3) is 0.375. The first-order valence-corrected chi connectivity index (χ1v) is 10.5. The van der Waals surface area contributed by atoms with Crippen molar-refractivity contribution in [1.82, 2.24) is 4.98 Å². The van der Waals surface area contributed by atoms with Gasteiger partial charge in [0.2, 0.25) is 0 Å². The molecule has 0 atom stereocenters. The van der Waals surface area contributed by atoms with Gasteiger partial charge in [-0.25, -0.2) is 4.39 Å². The first-order chi connectivity index (χ1) is 14.7. The number of hydrogen-bond acceptors (Lipinski definition) is 5. The Morgan fingerprint density at radius 3 is 2.63 bits per heavy atom. The molecule has 1 saturated heterocycles. The lowest BCUT2D eigenvalue weighted by molar-refractivity contribution is 0.356. The summed E-state index contributed by atoms with van der Waals surface area (Å²) in [5.41, 5.74) is 5.29. The van der Waals surface area contributed by atoms with E-state index in [0.29, 0.717) is 23.1 Å². The zero-order valence-electron chi connectivity index (χ0n) is 17.4. The molecule has 1 aliphatic heterocycles. The van der Waals surface area contributed by atoms with Crippen LogP contribution in [-0.2, 0) is 12.8 Å². The van der Waals surface area contributed by atoms with Gasteiger partial charge in [0.1, 0.15) is 5.82 Å². The predicted octanol–water partition coefficient (Wildman–Crippen LogP) is 4.43. The van der Waals surface area contributed by atoms with Gasteiger partial charge in [-0.3, -0.25) is 4.98 Å². The molecule has 3 aromatic rings. The summed E-state index contributed by atoms with van der Waals surface area (Å²) >= 11 is 0. The number of hydrogen-bond donors (Lipinski definition) is 1. The highest BCUT2D eigenvalue weighted by molar-refractivity contribution is 5.96. The molecule has 0 saturated carbocycles. The number of para-hydroxylation sites is 1. The SMILES string of the molecule is COc1cc2nc3c(c(NCC4CN(c5ccccc5F)C4)c2cc1OC)CCC3. The zero-order chi connectivity index (χ0) is 20.7. The second kappa shape index (κ2) is 7.67. The second-order valence-corrected chi connectivity index (χ2v) is 8.09. The van der Waals surface area contributed by atoms with Gasteiger partial charge in [-0.1, -0.05) is 12.1 Å². The molecule has 0 spiro atoms. The Morgan fingerprint density at radius 2 is 1.87 bits per heavy atom. The normalized spacial score (nSPS) is 15.8. The summed E-state index contributed by atoms with van der Waals surface area (Å²) in [5.74, 6) is 1.73. The average molecular weight is 407 g/mol. The third-order valence-corrected chi connectivity index (χ3v) is 6.23. The molecule has 2 aromatic carbocycles. The maximum atomic E-state index is 14.0. The third kappa shape index (κ3) is 3.20. The molecule has 0 amide bonds. The molecule has 6 heteroatoms. The number of anilines is 2. The van der Waals surface area contributed by atoms with Crippen LogP contribution in [0.25, 0.3) is 10.9 Å². The quantitative estimate of drug-likeness (QED) is 0.655. The first-order valence-electron chi connectivity index (χ1n) is 10.5. The number of aryl methyl sites for hydroxylation is 1. The lowest BCUT2D eigenvalue weighted by Crippen LogP contribution is -2.50. The molecule has 1 aromatic heterocycles. The summed E-state index contributed by atoms with van der Waals surface area (Å²) in [6.07, 6.45) is 3.19. The molecule has 30 heavy (non-hydrogen) atoms. The highest BCUT2D eigenvalue weighted by Crippen LogP contribution is 2.40. The molecule has 0 bridgehead atoms. The molecule has 0 radical (unpaired) electrons. The highest BCUT2D eigenvalue weighted by atomic mass is 19.1. The molecule has 5 nitrogen and oxygen atoms in total. The lowest BCUT2D eigenvalue weighted by atomic mass is 9.98. The van der Waals surface area contributed by atoms with Gasteiger partial charge in [-0.05, 0) is 43.0 Å². The largest absolute Gasteiger partial charge is 0.493 e. The van der Waals surface area contributed by atoms with Crippen molar-refractivity contribution in [3.05, 3.63) is 53.5 Å². The molecule has 1 fully saturated rings. The molecule has 156 valence electrons. The first kappa shape index (κ1) is 19.0. The number of benzene rings is 2. The van der Waals surface area contributed by atoms with Crippen molar-refractivity contribution in [3.8, 4) is 11.5 Å². The molecular weight excluding hydrogens is 381 g/mol. The number of halogens is 1. The fourth-order valence-electron chi connectivity index (χ4n) is 4.64. The Kier molecular flexibility index (Phi) is 4.85. The summed E-state index contributed by atoms with van der Waals surface area (Å²) in [6, 6.07) is 11.0. The Balaban J connectivity index is 1.38. The van der Waals surface area contributed by atoms with Crippen molar-refractivity contribution in [2.24, 2.45) is 5.92 Å². The van der Waals surface area contributed by atoms with E-state index in [1.54, 1.807) is 20.3 Å². The Hall–Kier alpha value is -3.02. The van der Waals surface area contributed by atoms with Gasteiger partial charge in [0.05, 0.1) is 25.4 Å². The van der Waals surface area contributed by atoms with Gasteiger partial charge in [0.15, 0.2) is 11.5 Å². The summed E-state index contributed by atoms with van der Waals surface area (Å²) in [6.45, 7) is 2.57. The molecule has 5 rings (SSSR count). The number of nitrogens with one attached hydrogen (secondary N) is 1. The van der Waals surface area contributed by atoms with Crippen LogP contribution >= 0.6 is 0 Å². The smallest absolute Gasteiger partial charge is 0.162 e. The van der Waals surface area contributed by atoms with E-state index in [9.17, 15) is 4.39 Å². The van der Waals surface area contributed by atoms with Crippen LogP contribution in [0, 0.1) is 11.7 Å². The number of ether oxygens (including phenoxy) is 2. The number of nitrogens with zero attached hydrogens (tertiary/aromatic N) is 2. The Bertz CT molecular complexity index is 1100. The number of aromatic nitrogens is 1.